The van der Waals surface area contributed by atoms with Crippen molar-refractivity contribution >= 4 is 61.5 Å². The lowest BCUT2D eigenvalue weighted by Crippen LogP contribution is -2.42. The van der Waals surface area contributed by atoms with E-state index in [1.807, 2.05) is 91.0 Å². The number of carbonyl (C=O) groups is 2. The minimum atomic E-state index is -0.854. The molecule has 0 unspecified atom stereocenters. The van der Waals surface area contributed by atoms with Crippen molar-refractivity contribution in [3.63, 3.8) is 0 Å². The Bertz CT molecular complexity index is 1830. The molecule has 0 atom stereocenters. The number of imide groups is 1. The van der Waals surface area contributed by atoms with Gasteiger partial charge in [0.15, 0.2) is 0 Å². The first-order chi connectivity index (χ1) is 19.9. The van der Waals surface area contributed by atoms with Crippen molar-refractivity contribution in [3.05, 3.63) is 135 Å². The first-order valence-electron chi connectivity index (χ1n) is 12.7. The molecule has 0 fully saturated rings. The van der Waals surface area contributed by atoms with Crippen molar-refractivity contribution in [1.82, 2.24) is 4.57 Å². The van der Waals surface area contributed by atoms with E-state index in [4.69, 9.17) is 0 Å². The third kappa shape index (κ3) is 5.19. The largest absolute Gasteiger partial charge is 0.493 e. The quantitative estimate of drug-likeness (QED) is 0.191. The lowest BCUT2D eigenvalue weighted by Gasteiger charge is -2.23. The van der Waals surface area contributed by atoms with Crippen LogP contribution in [0.2, 0.25) is 0 Å². The number of hydrogen-bond acceptors (Lipinski definition) is 2. The van der Waals surface area contributed by atoms with Crippen molar-refractivity contribution < 1.29 is 14.7 Å². The van der Waals surface area contributed by atoms with Gasteiger partial charge in [-0.1, -0.05) is 92.5 Å². The summed E-state index contributed by atoms with van der Waals surface area (Å²) in [5.41, 5.74) is 5.43. The molecule has 1 aliphatic rings. The summed E-state index contributed by atoms with van der Waals surface area (Å²) >= 11 is 6.91. The summed E-state index contributed by atoms with van der Waals surface area (Å²) in [5, 5.41) is 10.8. The van der Waals surface area contributed by atoms with Crippen molar-refractivity contribution in [2.24, 2.45) is 4.99 Å². The smallest absolute Gasteiger partial charge is 0.358 e. The van der Waals surface area contributed by atoms with E-state index in [1.165, 1.54) is 0 Å². The Morgan fingerprint density at radius 2 is 1.22 bits per heavy atom. The van der Waals surface area contributed by atoms with Gasteiger partial charge in [-0.2, -0.15) is 4.99 Å². The third-order valence-electron chi connectivity index (χ3n) is 6.68. The monoisotopic (exact) mass is 665 g/mol. The van der Waals surface area contributed by atoms with Crippen LogP contribution in [-0.2, 0) is 4.79 Å². The van der Waals surface area contributed by atoms with Crippen molar-refractivity contribution in [1.29, 1.82) is 0 Å². The topological polar surface area (TPSA) is 74.9 Å². The molecular formula is C33H21Br2N3O3. The third-order valence-corrected chi connectivity index (χ3v) is 7.74. The van der Waals surface area contributed by atoms with Crippen LogP contribution in [-0.4, -0.2) is 27.5 Å². The van der Waals surface area contributed by atoms with Crippen LogP contribution >= 0.6 is 31.9 Å². The van der Waals surface area contributed by atoms with Gasteiger partial charge in [0, 0.05) is 20.2 Å². The lowest BCUT2D eigenvalue weighted by molar-refractivity contribution is -0.114. The number of anilines is 1. The highest BCUT2D eigenvalue weighted by molar-refractivity contribution is 9.10. The van der Waals surface area contributed by atoms with Crippen LogP contribution < -0.4 is 4.90 Å². The molecule has 200 valence electrons. The Balaban J connectivity index is 1.61. The van der Waals surface area contributed by atoms with Gasteiger partial charge in [0.1, 0.15) is 5.57 Å². The Labute approximate surface area is 253 Å². The molecule has 8 heteroatoms. The summed E-state index contributed by atoms with van der Waals surface area (Å²) in [5.74, 6) is -1.29. The number of benzene rings is 4. The minimum absolute atomic E-state index is 0.0859. The second kappa shape index (κ2) is 11.2. The zero-order valence-electron chi connectivity index (χ0n) is 21.4. The predicted molar refractivity (Wildman–Crippen MR) is 169 cm³/mol. The molecule has 0 bridgehead atoms. The minimum Gasteiger partial charge on any atom is -0.493 e. The first-order valence-corrected chi connectivity index (χ1v) is 14.3. The van der Waals surface area contributed by atoms with Gasteiger partial charge in [0.25, 0.3) is 5.91 Å². The first kappa shape index (κ1) is 26.7. The van der Waals surface area contributed by atoms with Gasteiger partial charge in [-0.25, -0.2) is 9.69 Å². The molecule has 1 aliphatic heterocycles. The lowest BCUT2D eigenvalue weighted by atomic mass is 10.0. The van der Waals surface area contributed by atoms with Crippen LogP contribution in [0.1, 0.15) is 5.56 Å². The highest BCUT2D eigenvalue weighted by Crippen LogP contribution is 2.38. The molecule has 3 amide bonds. The van der Waals surface area contributed by atoms with E-state index in [2.05, 4.69) is 41.4 Å². The average Bonchev–Trinajstić information content (AvgIpc) is 3.36. The maximum Gasteiger partial charge on any atom is 0.358 e. The van der Waals surface area contributed by atoms with Gasteiger partial charge < -0.3 is 9.67 Å². The molecule has 6 rings (SSSR count). The van der Waals surface area contributed by atoms with E-state index in [0.29, 0.717) is 11.3 Å². The highest BCUT2D eigenvalue weighted by Gasteiger charge is 2.34. The maximum atomic E-state index is 13.7. The summed E-state index contributed by atoms with van der Waals surface area (Å²) in [4.78, 5) is 31.2. The zero-order chi connectivity index (χ0) is 28.5. The number of carbonyl (C=O) groups excluding carboxylic acids is 2. The number of amides is 3. The van der Waals surface area contributed by atoms with Crippen LogP contribution in [0.3, 0.4) is 0 Å². The van der Waals surface area contributed by atoms with E-state index < -0.39 is 17.8 Å². The summed E-state index contributed by atoms with van der Waals surface area (Å²) in [6, 6.07) is 35.6. The summed E-state index contributed by atoms with van der Waals surface area (Å²) in [6.45, 7) is 0. The number of halogens is 2. The molecule has 0 saturated carbocycles. The van der Waals surface area contributed by atoms with Gasteiger partial charge in [-0.3, -0.25) is 4.79 Å². The number of aromatic nitrogens is 1. The van der Waals surface area contributed by atoms with E-state index >= 15 is 0 Å². The van der Waals surface area contributed by atoms with Crippen molar-refractivity contribution in [2.75, 3.05) is 4.90 Å². The maximum absolute atomic E-state index is 13.7. The molecule has 0 spiro atoms. The summed E-state index contributed by atoms with van der Waals surface area (Å²) in [7, 11) is 0. The summed E-state index contributed by atoms with van der Waals surface area (Å²) in [6.07, 6.45) is 1.60. The normalized spacial score (nSPS) is 14.4. The number of rotatable bonds is 5. The number of urea groups is 1. The number of nitrogens with zero attached hydrogens (tertiary/aromatic N) is 3. The molecule has 2 heterocycles. The van der Waals surface area contributed by atoms with Crippen molar-refractivity contribution in [2.45, 2.75) is 0 Å². The zero-order valence-corrected chi connectivity index (χ0v) is 24.6. The fourth-order valence-corrected chi connectivity index (χ4v) is 5.34. The van der Waals surface area contributed by atoms with Crippen molar-refractivity contribution in [3.8, 4) is 28.2 Å². The Kier molecular flexibility index (Phi) is 7.26. The number of aliphatic imine (C=N–C) groups is 1. The molecule has 5 aromatic rings. The molecule has 41 heavy (non-hydrogen) atoms. The van der Waals surface area contributed by atoms with Gasteiger partial charge in [-0.05, 0) is 71.8 Å². The predicted octanol–water partition coefficient (Wildman–Crippen LogP) is 8.84. The molecule has 0 aliphatic carbocycles. The average molecular weight is 667 g/mol. The van der Waals surface area contributed by atoms with Crippen LogP contribution in [0.4, 0.5) is 10.5 Å². The second-order valence-corrected chi connectivity index (χ2v) is 11.1. The molecule has 0 saturated heterocycles. The molecule has 4 aromatic carbocycles. The van der Waals surface area contributed by atoms with E-state index in [9.17, 15) is 14.7 Å². The van der Waals surface area contributed by atoms with Gasteiger partial charge >= 0.3 is 6.03 Å². The number of aliphatic hydroxyl groups excluding tert-OH is 1. The van der Waals surface area contributed by atoms with Crippen LogP contribution in [0, 0.1) is 0 Å². The Hall–Kier alpha value is -4.53. The Morgan fingerprint density at radius 1 is 0.683 bits per heavy atom. The summed E-state index contributed by atoms with van der Waals surface area (Å²) < 4.78 is 3.88. The molecule has 6 nitrogen and oxygen atoms in total. The standard InChI is InChI=1S/C33H21Br2N3O3/c34-24-11-15-26(16-12-24)37-29(21-7-3-1-4-8-21)20-23(30(37)22-9-5-2-6-10-22)19-28-31(39)36-33(41)38(32(28)40)27-17-13-25(35)14-18-27/h1-20H,(H,36,39,41)/b28-19-. The molecule has 1 N–H and O–H groups in total. The van der Waals surface area contributed by atoms with E-state index in [1.54, 1.807) is 30.3 Å². The van der Waals surface area contributed by atoms with Gasteiger partial charge in [0.05, 0.1) is 17.1 Å². The highest BCUT2D eigenvalue weighted by atomic mass is 79.9. The Morgan fingerprint density at radius 3 is 1.80 bits per heavy atom. The van der Waals surface area contributed by atoms with E-state index in [-0.39, 0.29) is 5.57 Å². The van der Waals surface area contributed by atoms with Crippen LogP contribution in [0.5, 0.6) is 0 Å². The molecule has 1 aromatic heterocycles. The fourth-order valence-electron chi connectivity index (χ4n) is 4.81. The second-order valence-electron chi connectivity index (χ2n) is 9.27. The van der Waals surface area contributed by atoms with Crippen LogP contribution in [0.25, 0.3) is 34.3 Å². The molecular weight excluding hydrogens is 646 g/mol. The fraction of sp³-hybridized carbons (Fsp3) is 0. The van der Waals surface area contributed by atoms with Gasteiger partial charge in [0.2, 0.25) is 5.90 Å². The van der Waals surface area contributed by atoms with Crippen LogP contribution in [0.15, 0.2) is 135 Å². The number of hydrogen-bond donors (Lipinski definition) is 1. The number of aliphatic hydroxyl groups is 1. The van der Waals surface area contributed by atoms with E-state index in [0.717, 1.165) is 42.0 Å². The van der Waals surface area contributed by atoms with Gasteiger partial charge in [-0.15, -0.1) is 0 Å². The SMILES string of the molecule is O=C1N=C(O)/C(=C/c2cc(-c3ccccc3)n(-c3ccc(Br)cc3)c2-c2ccccc2)C(=O)N1c1ccc(Br)cc1. The molecule has 0 radical (unpaired) electrons.